The second-order valence-corrected chi connectivity index (χ2v) is 9.02. The zero-order chi connectivity index (χ0) is 24.0. The van der Waals surface area contributed by atoms with E-state index in [4.69, 9.17) is 0 Å². The van der Waals surface area contributed by atoms with Gasteiger partial charge in [0.15, 0.2) is 0 Å². The molecule has 2 fully saturated rings. The summed E-state index contributed by atoms with van der Waals surface area (Å²) in [6, 6.07) is -0.693. The van der Waals surface area contributed by atoms with Crippen LogP contribution >= 0.6 is 0 Å². The molecule has 32 heavy (non-hydrogen) atoms. The van der Waals surface area contributed by atoms with Gasteiger partial charge in [-0.1, -0.05) is 53.7 Å². The highest BCUT2D eigenvalue weighted by Crippen LogP contribution is 2.41. The van der Waals surface area contributed by atoms with Gasteiger partial charge < -0.3 is 0 Å². The monoisotopic (exact) mass is 443 g/mol. The normalized spacial score (nSPS) is 24.2. The van der Waals surface area contributed by atoms with E-state index >= 15 is 0 Å². The fraction of sp³-hybridized carbons (Fsp3) is 0.654. The lowest BCUT2D eigenvalue weighted by molar-refractivity contribution is -0.135. The number of amides is 2. The van der Waals surface area contributed by atoms with E-state index < -0.39 is 11.9 Å². The Kier molecular flexibility index (Phi) is 9.29. The highest BCUT2D eigenvalue weighted by Gasteiger charge is 2.34. The predicted molar refractivity (Wildman–Crippen MR) is 131 cm³/mol. The van der Waals surface area contributed by atoms with Gasteiger partial charge in [0, 0.05) is 13.5 Å². The van der Waals surface area contributed by atoms with Crippen LogP contribution in [0.3, 0.4) is 0 Å². The lowest BCUT2D eigenvalue weighted by atomic mass is 9.73. The molecule has 2 heterocycles. The summed E-state index contributed by atoms with van der Waals surface area (Å²) in [6.07, 6.45) is 9.23. The molecule has 1 aromatic rings. The molecule has 2 unspecified atom stereocenters. The largest absolute Gasteiger partial charge is 0.329 e. The Labute approximate surface area is 192 Å². The summed E-state index contributed by atoms with van der Waals surface area (Å²) in [6.45, 7) is 16.9. The van der Waals surface area contributed by atoms with Crippen LogP contribution in [0.5, 0.6) is 0 Å². The van der Waals surface area contributed by atoms with Crippen LogP contribution in [0.4, 0.5) is 0 Å². The van der Waals surface area contributed by atoms with Gasteiger partial charge >= 0.3 is 5.69 Å². The fourth-order valence-corrected chi connectivity index (χ4v) is 5.37. The van der Waals surface area contributed by atoms with Crippen molar-refractivity contribution in [3.63, 3.8) is 0 Å². The summed E-state index contributed by atoms with van der Waals surface area (Å²) >= 11 is 0. The van der Waals surface area contributed by atoms with Crippen LogP contribution in [0.1, 0.15) is 96.5 Å². The van der Waals surface area contributed by atoms with Crippen molar-refractivity contribution in [3.8, 4) is 0 Å². The molecule has 2 atom stereocenters. The molecule has 1 aliphatic heterocycles. The Balaban J connectivity index is 0.00000176. The highest BCUT2D eigenvalue weighted by atomic mass is 16.2. The predicted octanol–water partition coefficient (Wildman–Crippen LogP) is 5.09. The first kappa shape index (κ1) is 25.9. The molecular weight excluding hydrogens is 402 g/mol. The minimum absolute atomic E-state index is 0.227. The minimum Gasteiger partial charge on any atom is -0.295 e. The van der Waals surface area contributed by atoms with Gasteiger partial charge in [0.1, 0.15) is 6.04 Å². The minimum atomic E-state index is -0.693. The molecule has 1 saturated heterocycles. The van der Waals surface area contributed by atoms with Gasteiger partial charge in [-0.25, -0.2) is 4.79 Å². The number of hydrogen-bond acceptors (Lipinski definition) is 3. The number of imide groups is 1. The molecule has 6 nitrogen and oxygen atoms in total. The average Bonchev–Trinajstić information content (AvgIpc) is 3.05. The maximum atomic E-state index is 13.1. The van der Waals surface area contributed by atoms with Gasteiger partial charge in [0.05, 0.1) is 11.4 Å². The summed E-state index contributed by atoms with van der Waals surface area (Å²) in [4.78, 5) is 37.0. The molecule has 0 radical (unpaired) electrons. The van der Waals surface area contributed by atoms with Gasteiger partial charge in [-0.2, -0.15) is 0 Å². The third kappa shape index (κ3) is 5.16. The number of allylic oxidation sites excluding steroid dienone is 1. The van der Waals surface area contributed by atoms with Crippen molar-refractivity contribution in [3.05, 3.63) is 35.0 Å². The third-order valence-corrected chi connectivity index (χ3v) is 7.16. The SMILES string of the molecule is C=Cc1c(C(=C)C2CCC(C(C)CCC)CC2)n(C)c(=O)n1C1CCC(=O)NC1=O.CC. The number of carbonyl (C=O) groups excluding carboxylic acids is 2. The van der Waals surface area contributed by atoms with Crippen LogP contribution in [0, 0.1) is 17.8 Å². The molecule has 3 rings (SSSR count). The van der Waals surface area contributed by atoms with E-state index in [1.54, 1.807) is 17.7 Å². The van der Waals surface area contributed by atoms with Crippen molar-refractivity contribution in [1.29, 1.82) is 0 Å². The Bertz CT molecular complexity index is 900. The summed E-state index contributed by atoms with van der Waals surface area (Å²) in [5.74, 6) is 1.14. The standard InChI is InChI=1S/C24H35N3O3.C2H6/c1-6-8-15(3)17-9-11-18(12-10-17)16(4)22-19(7-2)27(24(30)26(22)5)20-13-14-21(28)25-23(20)29;1-2/h7,15,17-18,20H,2,4,6,8-14H2,1,3,5H3,(H,25,28,29);1-2H3. The van der Waals surface area contributed by atoms with E-state index in [2.05, 4.69) is 32.3 Å². The van der Waals surface area contributed by atoms with E-state index in [1.807, 2.05) is 13.8 Å². The van der Waals surface area contributed by atoms with E-state index in [0.717, 1.165) is 35.9 Å². The smallest absolute Gasteiger partial charge is 0.295 e. The first-order chi connectivity index (χ1) is 15.3. The van der Waals surface area contributed by atoms with Crippen LogP contribution in [0.15, 0.2) is 18.0 Å². The molecule has 2 aliphatic rings. The summed E-state index contributed by atoms with van der Waals surface area (Å²) in [5.41, 5.74) is 2.09. The number of carbonyl (C=O) groups is 2. The van der Waals surface area contributed by atoms with Crippen LogP contribution in [-0.4, -0.2) is 20.9 Å². The number of nitrogens with one attached hydrogen (secondary N) is 1. The van der Waals surface area contributed by atoms with Crippen LogP contribution < -0.4 is 11.0 Å². The van der Waals surface area contributed by atoms with Gasteiger partial charge in [-0.15, -0.1) is 0 Å². The first-order valence-corrected chi connectivity index (χ1v) is 12.3. The number of imidazole rings is 1. The summed E-state index contributed by atoms with van der Waals surface area (Å²) in [7, 11) is 1.73. The van der Waals surface area contributed by atoms with Crippen molar-refractivity contribution < 1.29 is 9.59 Å². The molecule has 1 aliphatic carbocycles. The van der Waals surface area contributed by atoms with E-state index in [9.17, 15) is 14.4 Å². The third-order valence-electron chi connectivity index (χ3n) is 7.16. The molecule has 2 amide bonds. The van der Waals surface area contributed by atoms with Crippen molar-refractivity contribution in [2.75, 3.05) is 0 Å². The zero-order valence-corrected chi connectivity index (χ0v) is 20.6. The Hall–Kier alpha value is -2.37. The van der Waals surface area contributed by atoms with E-state index in [1.165, 1.54) is 30.3 Å². The number of piperidine rings is 1. The lowest BCUT2D eigenvalue weighted by Gasteiger charge is -2.33. The Morgan fingerprint density at radius 3 is 2.31 bits per heavy atom. The van der Waals surface area contributed by atoms with Crippen LogP contribution in [-0.2, 0) is 16.6 Å². The fourth-order valence-electron chi connectivity index (χ4n) is 5.37. The van der Waals surface area contributed by atoms with Crippen molar-refractivity contribution >= 4 is 23.5 Å². The summed E-state index contributed by atoms with van der Waals surface area (Å²) in [5, 5.41) is 2.35. The molecule has 178 valence electrons. The van der Waals surface area contributed by atoms with Crippen LogP contribution in [0.25, 0.3) is 11.6 Å². The van der Waals surface area contributed by atoms with Crippen molar-refractivity contribution in [1.82, 2.24) is 14.5 Å². The number of nitrogens with zero attached hydrogens (tertiary/aromatic N) is 2. The van der Waals surface area contributed by atoms with E-state index in [-0.39, 0.29) is 18.0 Å². The maximum Gasteiger partial charge on any atom is 0.329 e. The van der Waals surface area contributed by atoms with E-state index in [0.29, 0.717) is 18.0 Å². The van der Waals surface area contributed by atoms with Crippen LogP contribution in [0.2, 0.25) is 0 Å². The zero-order valence-electron chi connectivity index (χ0n) is 20.6. The van der Waals surface area contributed by atoms with Gasteiger partial charge in [-0.3, -0.25) is 24.0 Å². The average molecular weight is 444 g/mol. The second-order valence-electron chi connectivity index (χ2n) is 9.02. The lowest BCUT2D eigenvalue weighted by Crippen LogP contribution is -2.44. The molecule has 0 aromatic carbocycles. The molecular formula is C26H41N3O3. The van der Waals surface area contributed by atoms with Crippen molar-refractivity contribution in [2.45, 2.75) is 85.1 Å². The van der Waals surface area contributed by atoms with Gasteiger partial charge in [-0.05, 0) is 61.5 Å². The molecule has 0 spiro atoms. The van der Waals surface area contributed by atoms with Gasteiger partial charge in [0.2, 0.25) is 11.8 Å². The topological polar surface area (TPSA) is 73.1 Å². The number of hydrogen-bond donors (Lipinski definition) is 1. The Morgan fingerprint density at radius 2 is 1.78 bits per heavy atom. The maximum absolute atomic E-state index is 13.1. The molecule has 6 heteroatoms. The highest BCUT2D eigenvalue weighted by molar-refractivity contribution is 5.99. The molecule has 0 bridgehead atoms. The second kappa shape index (κ2) is 11.5. The molecule has 1 saturated carbocycles. The summed E-state index contributed by atoms with van der Waals surface area (Å²) < 4.78 is 3.08. The number of aromatic nitrogens is 2. The Morgan fingerprint density at radius 1 is 1.16 bits per heavy atom. The van der Waals surface area contributed by atoms with Crippen molar-refractivity contribution in [2.24, 2.45) is 24.8 Å². The quantitative estimate of drug-likeness (QED) is 0.597. The van der Waals surface area contributed by atoms with Gasteiger partial charge in [0.25, 0.3) is 0 Å². The molecule has 1 N–H and O–H groups in total. The number of rotatable bonds is 7. The first-order valence-electron chi connectivity index (χ1n) is 12.3. The molecule has 1 aromatic heterocycles.